The number of carboxylic acid groups (broad SMARTS) is 1. The van der Waals surface area contributed by atoms with Crippen molar-refractivity contribution in [3.63, 3.8) is 0 Å². The van der Waals surface area contributed by atoms with Gasteiger partial charge in [0.15, 0.2) is 0 Å². The number of aromatic carboxylic acids is 1. The van der Waals surface area contributed by atoms with Crippen LogP contribution in [0, 0.1) is 19.7 Å². The topological polar surface area (TPSA) is 37.3 Å². The molecule has 0 spiro atoms. The second kappa shape index (κ2) is 6.36. The molecule has 27 heavy (non-hydrogen) atoms. The molecule has 0 aliphatic heterocycles. The zero-order valence-corrected chi connectivity index (χ0v) is 15.6. The third-order valence-corrected chi connectivity index (χ3v) is 5.42. The fourth-order valence-corrected chi connectivity index (χ4v) is 3.71. The highest BCUT2D eigenvalue weighted by atomic mass is 35.5. The Morgan fingerprint density at radius 2 is 1.63 bits per heavy atom. The van der Waals surface area contributed by atoms with Gasteiger partial charge in [0.2, 0.25) is 0 Å². The van der Waals surface area contributed by atoms with Gasteiger partial charge in [-0.15, -0.1) is 0 Å². The molecule has 0 saturated carbocycles. The number of carbonyl (C=O) groups is 1. The molecular formula is C23H16ClFO2. The maximum atomic E-state index is 14.5. The number of aryl methyl sites for hydroxylation is 2. The van der Waals surface area contributed by atoms with E-state index >= 15 is 0 Å². The minimum atomic E-state index is -1.15. The Morgan fingerprint density at radius 3 is 2.37 bits per heavy atom. The zero-order chi connectivity index (χ0) is 19.3. The summed E-state index contributed by atoms with van der Waals surface area (Å²) < 4.78 is 14.5. The SMILES string of the molecule is Cc1ccc2cc(Cl)c(-c3ccc4cc(C(=O)O)cc(F)c4c3)cc2c1C. The van der Waals surface area contributed by atoms with Crippen LogP contribution in [0.5, 0.6) is 0 Å². The van der Waals surface area contributed by atoms with Crippen molar-refractivity contribution >= 4 is 39.1 Å². The molecule has 4 heteroatoms. The van der Waals surface area contributed by atoms with Crippen molar-refractivity contribution in [3.8, 4) is 11.1 Å². The lowest BCUT2D eigenvalue weighted by atomic mass is 9.95. The van der Waals surface area contributed by atoms with Gasteiger partial charge in [0.1, 0.15) is 5.82 Å². The molecule has 0 aromatic heterocycles. The predicted octanol–water partition coefficient (Wildman–Crippen LogP) is 6.77. The molecule has 134 valence electrons. The van der Waals surface area contributed by atoms with Crippen LogP contribution in [0.3, 0.4) is 0 Å². The molecular weight excluding hydrogens is 363 g/mol. The molecule has 0 saturated heterocycles. The normalized spacial score (nSPS) is 11.3. The predicted molar refractivity (Wildman–Crippen MR) is 108 cm³/mol. The van der Waals surface area contributed by atoms with Crippen LogP contribution in [-0.4, -0.2) is 11.1 Å². The maximum absolute atomic E-state index is 14.5. The quantitative estimate of drug-likeness (QED) is 0.418. The maximum Gasteiger partial charge on any atom is 0.335 e. The summed E-state index contributed by atoms with van der Waals surface area (Å²) in [7, 11) is 0. The van der Waals surface area contributed by atoms with Gasteiger partial charge in [-0.2, -0.15) is 0 Å². The summed E-state index contributed by atoms with van der Waals surface area (Å²) in [5.41, 5.74) is 3.92. The molecule has 0 aliphatic carbocycles. The molecule has 0 radical (unpaired) electrons. The van der Waals surface area contributed by atoms with Crippen molar-refractivity contribution in [2.45, 2.75) is 13.8 Å². The first-order chi connectivity index (χ1) is 12.8. The van der Waals surface area contributed by atoms with Crippen LogP contribution in [0.4, 0.5) is 4.39 Å². The number of hydrogen-bond donors (Lipinski definition) is 1. The van der Waals surface area contributed by atoms with Gasteiger partial charge in [0, 0.05) is 16.0 Å². The molecule has 0 fully saturated rings. The van der Waals surface area contributed by atoms with E-state index in [9.17, 15) is 9.18 Å². The third-order valence-electron chi connectivity index (χ3n) is 5.11. The molecule has 4 rings (SSSR count). The van der Waals surface area contributed by atoms with Gasteiger partial charge in [-0.05, 0) is 77.0 Å². The van der Waals surface area contributed by atoms with Crippen LogP contribution in [0.2, 0.25) is 5.02 Å². The fraction of sp³-hybridized carbons (Fsp3) is 0.0870. The highest BCUT2D eigenvalue weighted by Crippen LogP contribution is 2.36. The Labute approximate surface area is 160 Å². The summed E-state index contributed by atoms with van der Waals surface area (Å²) in [4.78, 5) is 11.1. The third kappa shape index (κ3) is 2.94. The van der Waals surface area contributed by atoms with E-state index in [-0.39, 0.29) is 5.56 Å². The van der Waals surface area contributed by atoms with Crippen LogP contribution < -0.4 is 0 Å². The first kappa shape index (κ1) is 17.5. The van der Waals surface area contributed by atoms with Gasteiger partial charge in [-0.1, -0.05) is 35.9 Å². The minimum absolute atomic E-state index is 0.0670. The van der Waals surface area contributed by atoms with E-state index < -0.39 is 11.8 Å². The van der Waals surface area contributed by atoms with E-state index in [0.29, 0.717) is 15.8 Å². The zero-order valence-electron chi connectivity index (χ0n) is 14.8. The Kier molecular flexibility index (Phi) is 4.12. The number of carboxylic acids is 1. The van der Waals surface area contributed by atoms with Gasteiger partial charge < -0.3 is 5.11 Å². The molecule has 0 heterocycles. The molecule has 0 atom stereocenters. The monoisotopic (exact) mass is 378 g/mol. The summed E-state index contributed by atoms with van der Waals surface area (Å²) >= 11 is 6.52. The summed E-state index contributed by atoms with van der Waals surface area (Å²) in [6, 6.07) is 15.9. The summed E-state index contributed by atoms with van der Waals surface area (Å²) in [6.45, 7) is 4.14. The average molecular weight is 379 g/mol. The smallest absolute Gasteiger partial charge is 0.335 e. The number of hydrogen-bond acceptors (Lipinski definition) is 1. The summed E-state index contributed by atoms with van der Waals surface area (Å²) in [6.07, 6.45) is 0. The lowest BCUT2D eigenvalue weighted by molar-refractivity contribution is 0.0696. The minimum Gasteiger partial charge on any atom is -0.478 e. The van der Waals surface area contributed by atoms with Crippen LogP contribution in [0.15, 0.2) is 54.6 Å². The van der Waals surface area contributed by atoms with E-state index in [1.807, 2.05) is 24.3 Å². The number of benzene rings is 4. The van der Waals surface area contributed by atoms with Gasteiger partial charge in [-0.3, -0.25) is 0 Å². The Hall–Kier alpha value is -2.91. The second-order valence-corrected chi connectivity index (χ2v) is 7.17. The average Bonchev–Trinajstić information content (AvgIpc) is 2.64. The summed E-state index contributed by atoms with van der Waals surface area (Å²) in [5, 5.41) is 12.8. The van der Waals surface area contributed by atoms with Crippen LogP contribution in [0.25, 0.3) is 32.7 Å². The molecule has 0 bridgehead atoms. The van der Waals surface area contributed by atoms with Gasteiger partial charge >= 0.3 is 5.97 Å². The summed E-state index contributed by atoms with van der Waals surface area (Å²) in [5.74, 6) is -1.71. The van der Waals surface area contributed by atoms with E-state index in [1.165, 1.54) is 17.2 Å². The molecule has 4 aromatic carbocycles. The molecule has 4 aromatic rings. The second-order valence-electron chi connectivity index (χ2n) is 6.76. The van der Waals surface area contributed by atoms with Crippen LogP contribution >= 0.6 is 11.6 Å². The first-order valence-corrected chi connectivity index (χ1v) is 8.89. The number of rotatable bonds is 2. The number of fused-ring (bicyclic) bond motifs is 2. The largest absolute Gasteiger partial charge is 0.478 e. The Balaban J connectivity index is 1.95. The van der Waals surface area contributed by atoms with Gasteiger partial charge in [-0.25, -0.2) is 9.18 Å². The van der Waals surface area contributed by atoms with E-state index in [1.54, 1.807) is 12.1 Å². The van der Waals surface area contributed by atoms with Gasteiger partial charge in [0.25, 0.3) is 0 Å². The highest BCUT2D eigenvalue weighted by molar-refractivity contribution is 6.34. The van der Waals surface area contributed by atoms with Crippen molar-refractivity contribution in [1.82, 2.24) is 0 Å². The van der Waals surface area contributed by atoms with Crippen molar-refractivity contribution in [1.29, 1.82) is 0 Å². The highest BCUT2D eigenvalue weighted by Gasteiger charge is 2.13. The molecule has 2 nitrogen and oxygen atoms in total. The van der Waals surface area contributed by atoms with E-state index in [2.05, 4.69) is 19.9 Å². The molecule has 0 amide bonds. The first-order valence-electron chi connectivity index (χ1n) is 8.51. The molecule has 1 N–H and O–H groups in total. The Morgan fingerprint density at radius 1 is 0.926 bits per heavy atom. The lowest BCUT2D eigenvalue weighted by Gasteiger charge is -2.12. The van der Waals surface area contributed by atoms with Crippen molar-refractivity contribution in [3.05, 3.63) is 82.1 Å². The van der Waals surface area contributed by atoms with Crippen molar-refractivity contribution in [2.24, 2.45) is 0 Å². The number of halogens is 2. The Bertz CT molecular complexity index is 1240. The van der Waals surface area contributed by atoms with Crippen LogP contribution in [0.1, 0.15) is 21.5 Å². The van der Waals surface area contributed by atoms with E-state index in [0.717, 1.165) is 28.0 Å². The fourth-order valence-electron chi connectivity index (χ4n) is 3.43. The van der Waals surface area contributed by atoms with Crippen molar-refractivity contribution in [2.75, 3.05) is 0 Å². The standard InChI is InChI=1S/C23H16ClFO2/c1-12-3-4-16-9-21(24)19(11-18(16)13(12)2)15-6-5-14-7-17(23(26)27)10-22(25)20(14)8-15/h3-11H,1-2H3,(H,26,27). The molecule has 0 unspecified atom stereocenters. The lowest BCUT2D eigenvalue weighted by Crippen LogP contribution is -1.97. The van der Waals surface area contributed by atoms with Crippen LogP contribution in [-0.2, 0) is 0 Å². The molecule has 0 aliphatic rings. The van der Waals surface area contributed by atoms with Crippen molar-refractivity contribution < 1.29 is 14.3 Å². The van der Waals surface area contributed by atoms with E-state index in [4.69, 9.17) is 16.7 Å². The van der Waals surface area contributed by atoms with Gasteiger partial charge in [0.05, 0.1) is 5.56 Å².